The molecule has 11 aromatic rings. The number of fused-ring (bicyclic) bond motifs is 9. The molecule has 3 heterocycles. The predicted molar refractivity (Wildman–Crippen MR) is 213 cm³/mol. The second kappa shape index (κ2) is 10.8. The first kappa shape index (κ1) is 28.0. The molecule has 0 radical (unpaired) electrons. The Morgan fingerprint density at radius 2 is 0.902 bits per heavy atom. The first-order chi connectivity index (χ1) is 25.3. The standard InChI is InChI=1S/C48H30N2O/c1-2-12-31(13-3-1)33-14-10-15-35(28-33)50-43-21-8-5-17-38(43)41-29-40-37-16-4-7-20-42(37)49(44(40)30-45(41)50)34-26-24-32(25-27-34)36-19-11-23-47-48(36)39-18-6-9-22-46(39)51-47/h1-30H. The van der Waals surface area contributed by atoms with Crippen molar-refractivity contribution in [3.8, 4) is 33.6 Å². The number of para-hydroxylation sites is 3. The Labute approximate surface area is 293 Å². The number of aromatic nitrogens is 2. The lowest BCUT2D eigenvalue weighted by atomic mass is 9.99. The van der Waals surface area contributed by atoms with Crippen molar-refractivity contribution in [1.29, 1.82) is 0 Å². The quantitative estimate of drug-likeness (QED) is 0.186. The van der Waals surface area contributed by atoms with Gasteiger partial charge in [-0.05, 0) is 82.9 Å². The normalized spacial score (nSPS) is 11.9. The second-order valence-electron chi connectivity index (χ2n) is 13.3. The fourth-order valence-corrected chi connectivity index (χ4v) is 8.25. The van der Waals surface area contributed by atoms with E-state index in [1.54, 1.807) is 0 Å². The van der Waals surface area contributed by atoms with Crippen LogP contribution in [0.5, 0.6) is 0 Å². The van der Waals surface area contributed by atoms with E-state index < -0.39 is 0 Å². The van der Waals surface area contributed by atoms with Crippen molar-refractivity contribution in [2.75, 3.05) is 0 Å². The Kier molecular flexibility index (Phi) is 5.96. The molecule has 0 saturated heterocycles. The van der Waals surface area contributed by atoms with E-state index in [1.165, 1.54) is 60.3 Å². The topological polar surface area (TPSA) is 23.0 Å². The van der Waals surface area contributed by atoms with Crippen LogP contribution in [0.2, 0.25) is 0 Å². The van der Waals surface area contributed by atoms with Crippen molar-refractivity contribution in [2.24, 2.45) is 0 Å². The highest BCUT2D eigenvalue weighted by Crippen LogP contribution is 2.41. The van der Waals surface area contributed by atoms with Crippen molar-refractivity contribution in [3.05, 3.63) is 182 Å². The molecule has 0 aliphatic heterocycles. The molecule has 0 amide bonds. The minimum absolute atomic E-state index is 0.911. The molecule has 51 heavy (non-hydrogen) atoms. The van der Waals surface area contributed by atoms with Gasteiger partial charge in [-0.2, -0.15) is 0 Å². The highest BCUT2D eigenvalue weighted by molar-refractivity contribution is 6.19. The van der Waals surface area contributed by atoms with Crippen LogP contribution in [0.1, 0.15) is 0 Å². The molecular formula is C48H30N2O. The largest absolute Gasteiger partial charge is 0.456 e. The van der Waals surface area contributed by atoms with E-state index in [9.17, 15) is 0 Å². The molecule has 11 rings (SSSR count). The summed E-state index contributed by atoms with van der Waals surface area (Å²) < 4.78 is 11.1. The Morgan fingerprint density at radius 1 is 0.314 bits per heavy atom. The van der Waals surface area contributed by atoms with Gasteiger partial charge in [-0.1, -0.05) is 121 Å². The maximum atomic E-state index is 6.21. The third-order valence-corrected chi connectivity index (χ3v) is 10.5. The first-order valence-electron chi connectivity index (χ1n) is 17.4. The van der Waals surface area contributed by atoms with Gasteiger partial charge in [-0.3, -0.25) is 0 Å². The van der Waals surface area contributed by atoms with Crippen LogP contribution in [0.3, 0.4) is 0 Å². The van der Waals surface area contributed by atoms with Crippen LogP contribution >= 0.6 is 0 Å². The van der Waals surface area contributed by atoms with Crippen molar-refractivity contribution in [1.82, 2.24) is 9.13 Å². The minimum Gasteiger partial charge on any atom is -0.456 e. The van der Waals surface area contributed by atoms with Crippen molar-refractivity contribution < 1.29 is 4.42 Å². The van der Waals surface area contributed by atoms with Crippen molar-refractivity contribution in [3.63, 3.8) is 0 Å². The van der Waals surface area contributed by atoms with E-state index in [2.05, 4.69) is 179 Å². The fraction of sp³-hybridized carbons (Fsp3) is 0. The molecule has 3 heteroatoms. The van der Waals surface area contributed by atoms with Gasteiger partial charge in [-0.15, -0.1) is 0 Å². The summed E-state index contributed by atoms with van der Waals surface area (Å²) in [4.78, 5) is 0. The molecule has 3 nitrogen and oxygen atoms in total. The molecule has 0 aliphatic carbocycles. The molecule has 8 aromatic carbocycles. The SMILES string of the molecule is c1ccc(-c2cccc(-n3c4ccccc4c4cc5c6ccccc6n(-c6ccc(-c7cccc8oc9ccccc9c78)cc6)c5cc43)c2)cc1. The van der Waals surface area contributed by atoms with Crippen molar-refractivity contribution >= 4 is 65.6 Å². The molecular weight excluding hydrogens is 621 g/mol. The molecule has 3 aromatic heterocycles. The van der Waals surface area contributed by atoms with Crippen molar-refractivity contribution in [2.45, 2.75) is 0 Å². The molecule has 0 spiro atoms. The Balaban J connectivity index is 1.14. The first-order valence-corrected chi connectivity index (χ1v) is 17.4. The van der Waals surface area contributed by atoms with Gasteiger partial charge in [0, 0.05) is 43.7 Å². The minimum atomic E-state index is 0.911. The van der Waals surface area contributed by atoms with E-state index >= 15 is 0 Å². The van der Waals surface area contributed by atoms with Gasteiger partial charge >= 0.3 is 0 Å². The van der Waals surface area contributed by atoms with Crippen LogP contribution in [-0.2, 0) is 0 Å². The summed E-state index contributed by atoms with van der Waals surface area (Å²) in [5.74, 6) is 0. The lowest BCUT2D eigenvalue weighted by molar-refractivity contribution is 0.669. The van der Waals surface area contributed by atoms with Gasteiger partial charge in [0.15, 0.2) is 0 Å². The summed E-state index contributed by atoms with van der Waals surface area (Å²) >= 11 is 0. The van der Waals surface area contributed by atoms with E-state index in [0.717, 1.165) is 38.9 Å². The van der Waals surface area contributed by atoms with E-state index in [1.807, 2.05) is 12.1 Å². The zero-order valence-electron chi connectivity index (χ0n) is 27.6. The van der Waals surface area contributed by atoms with Crippen LogP contribution in [0.15, 0.2) is 186 Å². The Bertz CT molecular complexity index is 3120. The van der Waals surface area contributed by atoms with E-state index in [0.29, 0.717) is 0 Å². The maximum absolute atomic E-state index is 6.21. The highest BCUT2D eigenvalue weighted by atomic mass is 16.3. The Morgan fingerprint density at radius 3 is 1.65 bits per heavy atom. The Hall–Kier alpha value is -6.84. The molecule has 0 N–H and O–H groups in total. The smallest absolute Gasteiger partial charge is 0.136 e. The molecule has 238 valence electrons. The van der Waals surface area contributed by atoms with Crippen LogP contribution in [0.4, 0.5) is 0 Å². The number of rotatable bonds is 4. The average Bonchev–Trinajstić information content (AvgIpc) is 3.85. The van der Waals surface area contributed by atoms with Crippen LogP contribution < -0.4 is 0 Å². The van der Waals surface area contributed by atoms with Gasteiger partial charge < -0.3 is 13.6 Å². The van der Waals surface area contributed by atoms with Crippen LogP contribution in [-0.4, -0.2) is 9.13 Å². The van der Waals surface area contributed by atoms with E-state index in [-0.39, 0.29) is 0 Å². The molecule has 0 atom stereocenters. The average molecular weight is 651 g/mol. The zero-order chi connectivity index (χ0) is 33.5. The number of nitrogens with zero attached hydrogens (tertiary/aromatic N) is 2. The third-order valence-electron chi connectivity index (χ3n) is 10.5. The lowest BCUT2D eigenvalue weighted by Gasteiger charge is -2.12. The lowest BCUT2D eigenvalue weighted by Crippen LogP contribution is -1.96. The summed E-state index contributed by atoms with van der Waals surface area (Å²) in [7, 11) is 0. The summed E-state index contributed by atoms with van der Waals surface area (Å²) in [5, 5.41) is 7.30. The van der Waals surface area contributed by atoms with Crippen LogP contribution in [0.25, 0.3) is 99.2 Å². The predicted octanol–water partition coefficient (Wildman–Crippen LogP) is 13.1. The molecule has 0 fully saturated rings. The summed E-state index contributed by atoms with van der Waals surface area (Å²) in [6, 6.07) is 65.5. The summed E-state index contributed by atoms with van der Waals surface area (Å²) in [5.41, 5.74) is 13.6. The van der Waals surface area contributed by atoms with Gasteiger partial charge in [0.05, 0.1) is 22.1 Å². The zero-order valence-corrected chi connectivity index (χ0v) is 27.6. The molecule has 0 aliphatic rings. The van der Waals surface area contributed by atoms with Crippen LogP contribution in [0, 0.1) is 0 Å². The monoisotopic (exact) mass is 650 g/mol. The maximum Gasteiger partial charge on any atom is 0.136 e. The number of hydrogen-bond donors (Lipinski definition) is 0. The molecule has 0 bridgehead atoms. The molecule has 0 saturated carbocycles. The van der Waals surface area contributed by atoms with Gasteiger partial charge in [0.1, 0.15) is 11.2 Å². The summed E-state index contributed by atoms with van der Waals surface area (Å²) in [6.45, 7) is 0. The van der Waals surface area contributed by atoms with Gasteiger partial charge in [0.25, 0.3) is 0 Å². The summed E-state index contributed by atoms with van der Waals surface area (Å²) in [6.07, 6.45) is 0. The second-order valence-corrected chi connectivity index (χ2v) is 13.3. The fourth-order valence-electron chi connectivity index (χ4n) is 8.25. The van der Waals surface area contributed by atoms with Gasteiger partial charge in [-0.25, -0.2) is 0 Å². The number of furan rings is 1. The third kappa shape index (κ3) is 4.19. The number of hydrogen-bond acceptors (Lipinski definition) is 1. The highest BCUT2D eigenvalue weighted by Gasteiger charge is 2.19. The number of benzene rings is 8. The molecule has 0 unspecified atom stereocenters. The van der Waals surface area contributed by atoms with Gasteiger partial charge in [0.2, 0.25) is 0 Å². The van der Waals surface area contributed by atoms with E-state index in [4.69, 9.17) is 4.42 Å².